The van der Waals surface area contributed by atoms with Crippen LogP contribution in [0.4, 0.5) is 17.3 Å². The minimum atomic E-state index is -4.27. The van der Waals surface area contributed by atoms with Gasteiger partial charge in [-0.1, -0.05) is 13.0 Å². The Kier molecular flexibility index (Phi) is 7.26. The van der Waals surface area contributed by atoms with Crippen LogP contribution in [0.3, 0.4) is 0 Å². The molecule has 1 aliphatic heterocycles. The van der Waals surface area contributed by atoms with Crippen molar-refractivity contribution >= 4 is 33.3 Å². The van der Waals surface area contributed by atoms with Crippen molar-refractivity contribution in [2.45, 2.75) is 37.8 Å². The molecule has 1 amide bonds. The molecule has 2 aromatic heterocycles. The van der Waals surface area contributed by atoms with E-state index in [4.69, 9.17) is 9.47 Å². The summed E-state index contributed by atoms with van der Waals surface area (Å²) in [6, 6.07) is 12.8. The van der Waals surface area contributed by atoms with Crippen LogP contribution in [0.1, 0.15) is 37.6 Å². The van der Waals surface area contributed by atoms with E-state index in [1.165, 1.54) is 26.4 Å². The number of nitrogens with one attached hydrogen (secondary N) is 2. The van der Waals surface area contributed by atoms with E-state index in [-0.39, 0.29) is 21.9 Å². The van der Waals surface area contributed by atoms with Gasteiger partial charge >= 0.3 is 0 Å². The standard InChI is InChI=1S/C26H31N5O5S/c1-17-15-26(2,3)31(16-17)24-21(8-7-11-27-24)25(32)30-37(33,34)23-10-6-9-22(29-23)28-18-12-19(35-4)14-20(13-18)36-5/h6-14,17H,15-16H2,1-5H3,(H,28,29)(H,30,32). The summed E-state index contributed by atoms with van der Waals surface area (Å²) in [4.78, 5) is 23.9. The van der Waals surface area contributed by atoms with E-state index in [9.17, 15) is 13.2 Å². The van der Waals surface area contributed by atoms with Gasteiger partial charge in [0.2, 0.25) is 0 Å². The lowest BCUT2D eigenvalue weighted by atomic mass is 9.97. The number of carbonyl (C=O) groups excluding carboxylic acids is 1. The Bertz CT molecular complexity index is 1390. The average Bonchev–Trinajstić information content (AvgIpc) is 3.15. The van der Waals surface area contributed by atoms with Gasteiger partial charge in [0, 0.05) is 42.2 Å². The predicted molar refractivity (Wildman–Crippen MR) is 141 cm³/mol. The molecule has 1 fully saturated rings. The molecule has 196 valence electrons. The largest absolute Gasteiger partial charge is 0.497 e. The van der Waals surface area contributed by atoms with E-state index in [0.717, 1.165) is 13.0 Å². The molecule has 0 bridgehead atoms. The Labute approximate surface area is 217 Å². The first kappa shape index (κ1) is 26.2. The third-order valence-electron chi connectivity index (χ3n) is 6.21. The summed E-state index contributed by atoms with van der Waals surface area (Å²) >= 11 is 0. The highest BCUT2D eigenvalue weighted by Crippen LogP contribution is 2.37. The summed E-state index contributed by atoms with van der Waals surface area (Å²) in [5, 5.41) is 2.74. The SMILES string of the molecule is COc1cc(Nc2cccc(S(=O)(=O)NC(=O)c3cccnc3N3CC(C)CC3(C)C)n2)cc(OC)c1. The molecular formula is C26H31N5O5S. The zero-order chi connectivity index (χ0) is 26.8. The van der Waals surface area contributed by atoms with Gasteiger partial charge in [-0.3, -0.25) is 4.79 Å². The average molecular weight is 526 g/mol. The third kappa shape index (κ3) is 5.77. The second-order valence-electron chi connectivity index (χ2n) is 9.63. The highest BCUT2D eigenvalue weighted by atomic mass is 32.2. The Morgan fingerprint density at radius 2 is 1.78 bits per heavy atom. The smallest absolute Gasteiger partial charge is 0.281 e. The molecule has 1 unspecified atom stereocenters. The quantitative estimate of drug-likeness (QED) is 0.449. The van der Waals surface area contributed by atoms with Crippen molar-refractivity contribution in [1.29, 1.82) is 0 Å². The molecule has 0 saturated carbocycles. The van der Waals surface area contributed by atoms with Gasteiger partial charge in [-0.25, -0.2) is 14.7 Å². The Morgan fingerprint density at radius 3 is 2.41 bits per heavy atom. The van der Waals surface area contributed by atoms with Crippen LogP contribution in [0.2, 0.25) is 0 Å². The molecule has 4 rings (SSSR count). The van der Waals surface area contributed by atoms with Crippen LogP contribution in [0.15, 0.2) is 59.8 Å². The topological polar surface area (TPSA) is 123 Å². The van der Waals surface area contributed by atoms with Crippen molar-refractivity contribution in [1.82, 2.24) is 14.7 Å². The van der Waals surface area contributed by atoms with E-state index >= 15 is 0 Å². The number of anilines is 3. The lowest BCUT2D eigenvalue weighted by Gasteiger charge is -2.33. The highest BCUT2D eigenvalue weighted by Gasteiger charge is 2.39. The van der Waals surface area contributed by atoms with Crippen molar-refractivity contribution in [3.05, 3.63) is 60.3 Å². The number of methoxy groups -OCH3 is 2. The van der Waals surface area contributed by atoms with Gasteiger partial charge in [0.15, 0.2) is 5.03 Å². The molecule has 3 aromatic rings. The number of benzene rings is 1. The van der Waals surface area contributed by atoms with E-state index in [1.54, 1.807) is 42.6 Å². The van der Waals surface area contributed by atoms with Crippen LogP contribution in [0.5, 0.6) is 11.5 Å². The molecule has 0 radical (unpaired) electrons. The minimum absolute atomic E-state index is 0.186. The number of rotatable bonds is 8. The third-order valence-corrected chi connectivity index (χ3v) is 7.44. The summed E-state index contributed by atoms with van der Waals surface area (Å²) in [6.07, 6.45) is 2.54. The number of sulfonamides is 1. The zero-order valence-electron chi connectivity index (χ0n) is 21.5. The molecule has 3 heterocycles. The second-order valence-corrected chi connectivity index (χ2v) is 11.3. The van der Waals surface area contributed by atoms with Gasteiger partial charge in [-0.2, -0.15) is 8.42 Å². The molecule has 37 heavy (non-hydrogen) atoms. The maximum absolute atomic E-state index is 13.2. The first-order chi connectivity index (χ1) is 17.5. The maximum atomic E-state index is 13.2. The molecule has 10 nitrogen and oxygen atoms in total. The maximum Gasteiger partial charge on any atom is 0.281 e. The van der Waals surface area contributed by atoms with Crippen LogP contribution in [0, 0.1) is 5.92 Å². The van der Waals surface area contributed by atoms with Gasteiger partial charge in [0.25, 0.3) is 15.9 Å². The highest BCUT2D eigenvalue weighted by molar-refractivity contribution is 7.90. The fourth-order valence-electron chi connectivity index (χ4n) is 4.64. The summed E-state index contributed by atoms with van der Waals surface area (Å²) in [7, 11) is -1.21. The number of nitrogens with zero attached hydrogens (tertiary/aromatic N) is 3. The number of amides is 1. The van der Waals surface area contributed by atoms with E-state index in [2.05, 4.69) is 45.7 Å². The predicted octanol–water partition coefficient (Wildman–Crippen LogP) is 3.98. The Balaban J connectivity index is 1.57. The number of aromatic nitrogens is 2. The molecule has 1 aliphatic rings. The molecule has 2 N–H and O–H groups in total. The van der Waals surface area contributed by atoms with Crippen LogP contribution >= 0.6 is 0 Å². The number of pyridine rings is 2. The molecule has 0 aliphatic carbocycles. The second kappa shape index (κ2) is 10.3. The molecule has 11 heteroatoms. The lowest BCUT2D eigenvalue weighted by molar-refractivity contribution is 0.0981. The number of ether oxygens (including phenoxy) is 2. The lowest BCUT2D eigenvalue weighted by Crippen LogP contribution is -2.41. The van der Waals surface area contributed by atoms with E-state index in [0.29, 0.717) is 28.9 Å². The number of hydrogen-bond donors (Lipinski definition) is 2. The van der Waals surface area contributed by atoms with Crippen LogP contribution in [0.25, 0.3) is 0 Å². The molecular weight excluding hydrogens is 494 g/mol. The van der Waals surface area contributed by atoms with Gasteiger partial charge in [-0.05, 0) is 50.5 Å². The van der Waals surface area contributed by atoms with Crippen LogP contribution < -0.4 is 24.4 Å². The summed E-state index contributed by atoms with van der Waals surface area (Å²) in [6.45, 7) is 7.04. The van der Waals surface area contributed by atoms with Crippen molar-refractivity contribution in [3.8, 4) is 11.5 Å². The summed E-state index contributed by atoms with van der Waals surface area (Å²) < 4.78 is 39.0. The molecule has 1 saturated heterocycles. The monoisotopic (exact) mass is 525 g/mol. The fourth-order valence-corrected chi connectivity index (χ4v) is 5.57. The minimum Gasteiger partial charge on any atom is -0.497 e. The van der Waals surface area contributed by atoms with Crippen LogP contribution in [-0.2, 0) is 10.0 Å². The molecule has 1 aromatic carbocycles. The van der Waals surface area contributed by atoms with Crippen molar-refractivity contribution in [2.24, 2.45) is 5.92 Å². The Hall–Kier alpha value is -3.86. The van der Waals surface area contributed by atoms with Crippen molar-refractivity contribution < 1.29 is 22.7 Å². The van der Waals surface area contributed by atoms with E-state index in [1.807, 2.05) is 0 Å². The van der Waals surface area contributed by atoms with Crippen molar-refractivity contribution in [2.75, 3.05) is 31.0 Å². The number of hydrogen-bond acceptors (Lipinski definition) is 9. The first-order valence-electron chi connectivity index (χ1n) is 11.8. The molecule has 1 atom stereocenters. The van der Waals surface area contributed by atoms with Crippen LogP contribution in [-0.4, -0.2) is 50.6 Å². The Morgan fingerprint density at radius 1 is 1.08 bits per heavy atom. The molecule has 0 spiro atoms. The van der Waals surface area contributed by atoms with Gasteiger partial charge in [0.05, 0.1) is 19.8 Å². The number of carbonyl (C=O) groups is 1. The fraction of sp³-hybridized carbons (Fsp3) is 0.346. The summed E-state index contributed by atoms with van der Waals surface area (Å²) in [5.41, 5.74) is 0.558. The van der Waals surface area contributed by atoms with Gasteiger partial charge < -0.3 is 19.7 Å². The zero-order valence-corrected chi connectivity index (χ0v) is 22.3. The van der Waals surface area contributed by atoms with E-state index < -0.39 is 15.9 Å². The van der Waals surface area contributed by atoms with Gasteiger partial charge in [-0.15, -0.1) is 0 Å². The summed E-state index contributed by atoms with van der Waals surface area (Å²) in [5.74, 6) is 1.48. The van der Waals surface area contributed by atoms with Crippen molar-refractivity contribution in [3.63, 3.8) is 0 Å². The first-order valence-corrected chi connectivity index (χ1v) is 13.3. The van der Waals surface area contributed by atoms with Gasteiger partial charge in [0.1, 0.15) is 23.1 Å². The normalized spacial score (nSPS) is 16.8.